The third-order valence-electron chi connectivity index (χ3n) is 3.95. The molecule has 0 bridgehead atoms. The van der Waals surface area contributed by atoms with Crippen molar-refractivity contribution in [1.82, 2.24) is 0 Å². The van der Waals surface area contributed by atoms with Gasteiger partial charge in [-0.05, 0) is 0 Å². The number of benzene rings is 3. The Hall–Kier alpha value is -1.30. The molecule has 23 heavy (non-hydrogen) atoms. The molecule has 0 unspecified atom stereocenters. The van der Waals surface area contributed by atoms with E-state index in [0.29, 0.717) is 0 Å². The molecule has 3 heteroatoms. The van der Waals surface area contributed by atoms with Crippen molar-refractivity contribution < 1.29 is 2.82 Å². The molecule has 0 fully saturated rings. The Morgan fingerprint density at radius 2 is 0.870 bits per heavy atom. The molecular formula is C20H21AlGeO. The molecule has 0 saturated heterocycles. The van der Waals surface area contributed by atoms with Crippen molar-refractivity contribution in [2.24, 2.45) is 0 Å². The fraction of sp³-hybridized carbons (Fsp3) is 0.100. The molecule has 0 N–H and O–H groups in total. The van der Waals surface area contributed by atoms with Crippen molar-refractivity contribution in [3.8, 4) is 0 Å². The summed E-state index contributed by atoms with van der Waals surface area (Å²) in [5.74, 6) is 4.55. The second-order valence-electron chi connectivity index (χ2n) is 5.95. The first kappa shape index (κ1) is 16.5. The number of rotatable bonds is 5. The maximum absolute atomic E-state index is 6.92. The predicted octanol–water partition coefficient (Wildman–Crippen LogP) is 2.92. The van der Waals surface area contributed by atoms with Crippen LogP contribution in [0.25, 0.3) is 0 Å². The average Bonchev–Trinajstić information content (AvgIpc) is 2.62. The van der Waals surface area contributed by atoms with E-state index in [1.165, 1.54) is 13.2 Å². The molecule has 3 aromatic carbocycles. The summed E-state index contributed by atoms with van der Waals surface area (Å²) >= 11 is -4.31. The van der Waals surface area contributed by atoms with Gasteiger partial charge in [0.05, 0.1) is 0 Å². The Bertz CT molecular complexity index is 633. The summed E-state index contributed by atoms with van der Waals surface area (Å²) in [5, 5.41) is 0. The zero-order valence-corrected chi connectivity index (χ0v) is 16.9. The van der Waals surface area contributed by atoms with E-state index in [-0.39, 0.29) is 0 Å². The van der Waals surface area contributed by atoms with Gasteiger partial charge in [0.1, 0.15) is 0 Å². The summed E-state index contributed by atoms with van der Waals surface area (Å²) in [6, 6.07) is 32.5. The van der Waals surface area contributed by atoms with Crippen molar-refractivity contribution in [1.29, 1.82) is 0 Å². The first-order chi connectivity index (χ1) is 11.2. The third kappa shape index (κ3) is 3.46. The summed E-state index contributed by atoms with van der Waals surface area (Å²) in [6.45, 7) is 0. The molecule has 0 radical (unpaired) electrons. The molecule has 1 nitrogen and oxygen atoms in total. The Morgan fingerprint density at radius 1 is 0.565 bits per heavy atom. The molecule has 3 aromatic rings. The molecule has 0 aromatic heterocycles. The first-order valence-corrected chi connectivity index (χ1v) is 14.9. The van der Waals surface area contributed by atoms with Crippen LogP contribution in [0, 0.1) is 0 Å². The van der Waals surface area contributed by atoms with Crippen molar-refractivity contribution in [3.63, 3.8) is 0 Å². The van der Waals surface area contributed by atoms with Gasteiger partial charge in [-0.1, -0.05) is 0 Å². The van der Waals surface area contributed by atoms with Gasteiger partial charge in [-0.25, -0.2) is 0 Å². The molecule has 0 atom stereocenters. The molecule has 0 aliphatic rings. The van der Waals surface area contributed by atoms with Crippen molar-refractivity contribution in [2.45, 2.75) is 11.6 Å². The van der Waals surface area contributed by atoms with Gasteiger partial charge in [0, 0.05) is 0 Å². The Kier molecular flexibility index (Phi) is 5.40. The van der Waals surface area contributed by atoms with Crippen LogP contribution in [0.3, 0.4) is 0 Å². The topological polar surface area (TPSA) is 9.23 Å². The van der Waals surface area contributed by atoms with E-state index in [2.05, 4.69) is 103 Å². The van der Waals surface area contributed by atoms with Gasteiger partial charge in [-0.3, -0.25) is 0 Å². The average molecular weight is 377 g/mol. The summed E-state index contributed by atoms with van der Waals surface area (Å²) < 4.78 is 11.0. The van der Waals surface area contributed by atoms with E-state index in [1.54, 1.807) is 0 Å². The molecule has 0 heterocycles. The van der Waals surface area contributed by atoms with Crippen LogP contribution in [0.15, 0.2) is 91.0 Å². The van der Waals surface area contributed by atoms with Crippen molar-refractivity contribution in [2.75, 3.05) is 0 Å². The molecule has 0 saturated carbocycles. The van der Waals surface area contributed by atoms with Crippen LogP contribution >= 0.6 is 0 Å². The first-order valence-electron chi connectivity index (χ1n) is 8.08. The van der Waals surface area contributed by atoms with Crippen molar-refractivity contribution >= 4 is 41.3 Å². The molecule has 0 amide bonds. The van der Waals surface area contributed by atoms with Crippen molar-refractivity contribution in [3.05, 3.63) is 91.0 Å². The maximum atomic E-state index is 6.92. The fourth-order valence-electron chi connectivity index (χ4n) is 3.08. The van der Waals surface area contributed by atoms with Crippen LogP contribution in [0.1, 0.15) is 0 Å². The van der Waals surface area contributed by atoms with E-state index < -0.39 is 28.1 Å². The Morgan fingerprint density at radius 3 is 1.13 bits per heavy atom. The molecule has 0 aliphatic heterocycles. The number of hydrogen-bond acceptors (Lipinski definition) is 1. The summed E-state index contributed by atoms with van der Waals surface area (Å²) in [6.07, 6.45) is 0. The zero-order chi connectivity index (χ0) is 16.1. The minimum atomic E-state index is -3.09. The van der Waals surface area contributed by atoms with Gasteiger partial charge in [-0.2, -0.15) is 0 Å². The summed E-state index contributed by atoms with van der Waals surface area (Å²) in [4.78, 5) is 0. The second-order valence-corrected chi connectivity index (χ2v) is 16.3. The van der Waals surface area contributed by atoms with Gasteiger partial charge in [0.25, 0.3) is 0 Å². The molecule has 0 spiro atoms. The van der Waals surface area contributed by atoms with E-state index in [9.17, 15) is 0 Å². The van der Waals surface area contributed by atoms with Gasteiger partial charge in [0.2, 0.25) is 0 Å². The van der Waals surface area contributed by atoms with Crippen LogP contribution in [0.5, 0.6) is 0 Å². The number of hydrogen-bond donors (Lipinski definition) is 0. The van der Waals surface area contributed by atoms with E-state index in [0.717, 1.165) is 0 Å². The minimum absolute atomic E-state index is 1.22. The second kappa shape index (κ2) is 7.51. The van der Waals surface area contributed by atoms with E-state index >= 15 is 0 Å². The quantitative estimate of drug-likeness (QED) is 0.622. The standard InChI is InChI=1S/C18H15GeO.2CH3.Al/c20-19(16-10-4-1-5-11-16,17-12-6-2-7-13-17)18-14-8-3-9-15-18;;;/h1-15H;2*1H3;/q-1;;;+1. The molecule has 114 valence electrons. The van der Waals surface area contributed by atoms with Crippen LogP contribution in [0.4, 0.5) is 0 Å². The molecular weight excluding hydrogens is 356 g/mol. The van der Waals surface area contributed by atoms with E-state index in [4.69, 9.17) is 2.82 Å². The van der Waals surface area contributed by atoms with Gasteiger partial charge in [0.15, 0.2) is 0 Å². The van der Waals surface area contributed by atoms with Crippen LogP contribution < -0.4 is 13.2 Å². The zero-order valence-electron chi connectivity index (χ0n) is 13.6. The van der Waals surface area contributed by atoms with Gasteiger partial charge >= 0.3 is 147 Å². The molecule has 3 rings (SSSR count). The monoisotopic (exact) mass is 378 g/mol. The summed E-state index contributed by atoms with van der Waals surface area (Å²) in [7, 11) is 0. The van der Waals surface area contributed by atoms with E-state index in [1.807, 2.05) is 0 Å². The SMILES string of the molecule is [CH3][Al]([CH3])[O][Ge]([c]1ccccc1)([c]1ccccc1)[c]1ccccc1. The third-order valence-corrected chi connectivity index (χ3v) is 17.2. The predicted molar refractivity (Wildman–Crippen MR) is 103 cm³/mol. The summed E-state index contributed by atoms with van der Waals surface area (Å²) in [5.41, 5.74) is 0. The normalized spacial score (nSPS) is 11.2. The fourth-order valence-corrected chi connectivity index (χ4v) is 17.5. The Labute approximate surface area is 146 Å². The van der Waals surface area contributed by atoms with Crippen LogP contribution in [0.2, 0.25) is 11.6 Å². The Balaban J connectivity index is 2.30. The van der Waals surface area contributed by atoms with Gasteiger partial charge in [-0.15, -0.1) is 0 Å². The van der Waals surface area contributed by atoms with Crippen LogP contribution in [-0.4, -0.2) is 28.1 Å². The van der Waals surface area contributed by atoms with Crippen LogP contribution in [-0.2, 0) is 2.82 Å². The van der Waals surface area contributed by atoms with Gasteiger partial charge < -0.3 is 0 Å². The molecule has 0 aliphatic carbocycles.